The van der Waals surface area contributed by atoms with Gasteiger partial charge < -0.3 is 5.32 Å². The number of hydrogen-bond donors (Lipinski definition) is 1. The molecule has 1 N–H and O–H groups in total. The van der Waals surface area contributed by atoms with Crippen molar-refractivity contribution in [1.29, 1.82) is 5.26 Å². The molecule has 21 heavy (non-hydrogen) atoms. The lowest BCUT2D eigenvalue weighted by molar-refractivity contribution is -0.128. The maximum atomic E-state index is 12.4. The predicted molar refractivity (Wildman–Crippen MR) is 83.1 cm³/mol. The first-order valence-corrected chi connectivity index (χ1v) is 7.78. The van der Waals surface area contributed by atoms with Gasteiger partial charge in [-0.15, -0.1) is 0 Å². The summed E-state index contributed by atoms with van der Waals surface area (Å²) in [6.07, 6.45) is 1.11. The third-order valence-corrected chi connectivity index (χ3v) is 4.84. The van der Waals surface area contributed by atoms with E-state index in [0.717, 1.165) is 11.4 Å². The van der Waals surface area contributed by atoms with E-state index in [0.29, 0.717) is 40.8 Å². The number of carbonyl (C=O) groups excluding carboxylic acids is 1. The van der Waals surface area contributed by atoms with Crippen molar-refractivity contribution in [1.82, 2.24) is 0 Å². The lowest BCUT2D eigenvalue weighted by Gasteiger charge is -2.39. The number of halogens is 2. The van der Waals surface area contributed by atoms with E-state index < -0.39 is 5.41 Å². The lowest BCUT2D eigenvalue weighted by atomic mass is 9.63. The van der Waals surface area contributed by atoms with Gasteiger partial charge in [0.05, 0.1) is 33.2 Å². The van der Waals surface area contributed by atoms with Crippen LogP contribution >= 0.6 is 23.2 Å². The molecule has 1 aliphatic carbocycles. The number of nitrogens with one attached hydrogen (secondary N) is 1. The van der Waals surface area contributed by atoms with Crippen LogP contribution in [0.4, 0.5) is 17.1 Å². The summed E-state index contributed by atoms with van der Waals surface area (Å²) in [5.74, 6) is 0.0265. The molecule has 0 radical (unpaired) electrons. The van der Waals surface area contributed by atoms with Crippen molar-refractivity contribution >= 4 is 57.5 Å². The number of fused-ring (bicyclic) bond motifs is 1. The third-order valence-electron chi connectivity index (χ3n) is 3.72. The van der Waals surface area contributed by atoms with Crippen LogP contribution in [0.25, 0.3) is 0 Å². The zero-order chi connectivity index (χ0) is 15.2. The summed E-state index contributed by atoms with van der Waals surface area (Å²) in [5, 5.41) is 12.7. The number of nitriles is 1. The summed E-state index contributed by atoms with van der Waals surface area (Å²) in [5.41, 5.74) is 0.336. The van der Waals surface area contributed by atoms with Gasteiger partial charge in [-0.2, -0.15) is 14.0 Å². The Morgan fingerprint density at radius 3 is 2.71 bits per heavy atom. The molecular formula is C13H10Cl2N4OS. The van der Waals surface area contributed by atoms with E-state index in [2.05, 4.69) is 20.1 Å². The zero-order valence-corrected chi connectivity index (χ0v) is 13.3. The minimum Gasteiger partial charge on any atom is -0.321 e. The second-order valence-corrected chi connectivity index (χ2v) is 6.68. The highest BCUT2D eigenvalue weighted by atomic mass is 35.5. The summed E-state index contributed by atoms with van der Waals surface area (Å²) >= 11 is 13.2. The summed E-state index contributed by atoms with van der Waals surface area (Å²) in [6.45, 7) is 2.01. The fourth-order valence-corrected chi connectivity index (χ4v) is 3.84. The van der Waals surface area contributed by atoms with Crippen molar-refractivity contribution in [2.24, 2.45) is 20.1 Å². The highest BCUT2D eigenvalue weighted by molar-refractivity contribution is 7.58. The van der Waals surface area contributed by atoms with Gasteiger partial charge in [0.1, 0.15) is 16.8 Å². The molecule has 8 heteroatoms. The molecule has 0 unspecified atom stereocenters. The Labute approximate surface area is 135 Å². The molecule has 0 aromatic heterocycles. The average Bonchev–Trinajstić information content (AvgIpc) is 2.89. The molecule has 3 rings (SSSR count). The van der Waals surface area contributed by atoms with E-state index >= 15 is 0 Å². The molecular weight excluding hydrogens is 331 g/mol. The topological polar surface area (TPSA) is 77.6 Å². The molecule has 0 saturated heterocycles. The molecule has 1 aliphatic heterocycles. The smallest absolute Gasteiger partial charge is 0.244 e. The van der Waals surface area contributed by atoms with Crippen LogP contribution in [0.5, 0.6) is 0 Å². The van der Waals surface area contributed by atoms with Crippen molar-refractivity contribution < 1.29 is 4.79 Å². The van der Waals surface area contributed by atoms with E-state index in [1.54, 1.807) is 0 Å². The van der Waals surface area contributed by atoms with Crippen molar-refractivity contribution in [2.45, 2.75) is 19.8 Å². The number of amides is 1. The van der Waals surface area contributed by atoms with Crippen LogP contribution in [0.15, 0.2) is 14.8 Å². The zero-order valence-electron chi connectivity index (χ0n) is 11.0. The van der Waals surface area contributed by atoms with Gasteiger partial charge in [0.15, 0.2) is 0 Å². The van der Waals surface area contributed by atoms with Gasteiger partial charge in [0.2, 0.25) is 5.91 Å². The Hall–Kier alpha value is -1.42. The van der Waals surface area contributed by atoms with Crippen LogP contribution < -0.4 is 5.32 Å². The summed E-state index contributed by atoms with van der Waals surface area (Å²) in [4.78, 5) is 12.4. The normalized spacial score (nSPS) is 25.5. The highest BCUT2D eigenvalue weighted by Crippen LogP contribution is 2.50. The molecule has 1 heterocycles. The first kappa shape index (κ1) is 14.5. The summed E-state index contributed by atoms with van der Waals surface area (Å²) in [7, 11) is 0. The quantitative estimate of drug-likeness (QED) is 0.866. The van der Waals surface area contributed by atoms with Gasteiger partial charge in [-0.3, -0.25) is 4.79 Å². The Balaban J connectivity index is 1.94. The molecule has 2 aliphatic rings. The average molecular weight is 341 g/mol. The summed E-state index contributed by atoms with van der Waals surface area (Å²) in [6, 6.07) is 3.64. The highest BCUT2D eigenvalue weighted by Gasteiger charge is 2.49. The Morgan fingerprint density at radius 1 is 1.43 bits per heavy atom. The second kappa shape index (κ2) is 5.09. The maximum absolute atomic E-state index is 12.4. The predicted octanol–water partition coefficient (Wildman–Crippen LogP) is 4.60. The summed E-state index contributed by atoms with van der Waals surface area (Å²) < 4.78 is 8.20. The Morgan fingerprint density at radius 2 is 2.10 bits per heavy atom. The number of nitrogens with zero attached hydrogens (tertiary/aromatic N) is 3. The van der Waals surface area contributed by atoms with Gasteiger partial charge in [-0.05, 0) is 24.8 Å². The number of benzene rings is 1. The van der Waals surface area contributed by atoms with Crippen LogP contribution in [0.1, 0.15) is 19.8 Å². The van der Waals surface area contributed by atoms with Crippen LogP contribution in [0, 0.1) is 22.7 Å². The maximum Gasteiger partial charge on any atom is 0.244 e. The largest absolute Gasteiger partial charge is 0.321 e. The monoisotopic (exact) mass is 340 g/mol. The van der Waals surface area contributed by atoms with Crippen molar-refractivity contribution in [3.63, 3.8) is 0 Å². The van der Waals surface area contributed by atoms with Crippen LogP contribution in [0.3, 0.4) is 0 Å². The van der Waals surface area contributed by atoms with E-state index in [9.17, 15) is 10.1 Å². The number of hydrogen-bond acceptors (Lipinski definition) is 4. The van der Waals surface area contributed by atoms with E-state index in [1.807, 2.05) is 6.92 Å². The van der Waals surface area contributed by atoms with E-state index in [-0.39, 0.29) is 10.9 Å². The van der Waals surface area contributed by atoms with Gasteiger partial charge in [-0.1, -0.05) is 30.1 Å². The molecule has 5 nitrogen and oxygen atoms in total. The van der Waals surface area contributed by atoms with E-state index in [4.69, 9.17) is 23.2 Å². The molecule has 1 saturated carbocycles. The fourth-order valence-electron chi connectivity index (χ4n) is 2.68. The minimum absolute atomic E-state index is 0.286. The molecule has 1 amide bonds. The van der Waals surface area contributed by atoms with Gasteiger partial charge >= 0.3 is 0 Å². The SMILES string of the molecule is CC1CC(C#N)(C(=O)Nc2c(Cl)cc(Cl)c3c2N=S=N3)C1. The van der Waals surface area contributed by atoms with Crippen molar-refractivity contribution in [3.8, 4) is 6.07 Å². The number of anilines is 1. The fraction of sp³-hybridized carbons (Fsp3) is 0.385. The van der Waals surface area contributed by atoms with Crippen molar-refractivity contribution in [3.05, 3.63) is 16.1 Å². The lowest BCUT2D eigenvalue weighted by Crippen LogP contribution is -2.45. The minimum atomic E-state index is -0.974. The molecule has 108 valence electrons. The van der Waals surface area contributed by atoms with E-state index in [1.165, 1.54) is 6.07 Å². The Kier molecular flexibility index (Phi) is 3.52. The van der Waals surface area contributed by atoms with Gasteiger partial charge in [0.25, 0.3) is 0 Å². The Bertz CT molecular complexity index is 758. The molecule has 1 aromatic rings. The van der Waals surface area contributed by atoms with Crippen molar-refractivity contribution in [2.75, 3.05) is 5.32 Å². The molecule has 1 aromatic carbocycles. The molecule has 1 fully saturated rings. The first-order valence-electron chi connectivity index (χ1n) is 6.30. The number of carbonyl (C=O) groups is 1. The van der Waals surface area contributed by atoms with Crippen LogP contribution in [-0.2, 0) is 16.1 Å². The van der Waals surface area contributed by atoms with Gasteiger partial charge in [0, 0.05) is 0 Å². The van der Waals surface area contributed by atoms with Crippen LogP contribution in [0.2, 0.25) is 10.0 Å². The molecule has 0 spiro atoms. The standard InChI is InChI=1S/C13H10Cl2N4OS/c1-6-3-13(4-6,5-16)12(20)17-9-7(14)2-8(15)10-11(9)19-21-18-10/h2,6H,3-4H2,1H3,(H,17,20). The molecule has 0 bridgehead atoms. The first-order chi connectivity index (χ1) is 9.97. The van der Waals surface area contributed by atoms with Crippen LogP contribution in [-0.4, -0.2) is 5.91 Å². The number of rotatable bonds is 2. The molecule has 0 atom stereocenters. The second-order valence-electron chi connectivity index (χ2n) is 5.34. The third kappa shape index (κ3) is 2.26. The van der Waals surface area contributed by atoms with Gasteiger partial charge in [-0.25, -0.2) is 0 Å².